The number of imide groups is 1. The molecule has 2 saturated heterocycles. The first-order chi connectivity index (χ1) is 16.9. The third-order valence-corrected chi connectivity index (χ3v) is 6.43. The molecule has 0 aliphatic carbocycles. The number of nitrogens with zero attached hydrogens (tertiary/aromatic N) is 1. The van der Waals surface area contributed by atoms with Crippen LogP contribution in [0.1, 0.15) is 28.0 Å². The molecule has 180 valence electrons. The summed E-state index contributed by atoms with van der Waals surface area (Å²) >= 11 is 0. The number of hydrogen-bond donors (Lipinski definition) is 3. The molecule has 3 heterocycles. The number of hydrogen-bond acceptors (Lipinski definition) is 6. The molecule has 5 rings (SSSR count). The lowest BCUT2D eigenvalue weighted by molar-refractivity contribution is -0.584. The Morgan fingerprint density at radius 1 is 1.23 bits per heavy atom. The molecule has 35 heavy (non-hydrogen) atoms. The van der Waals surface area contributed by atoms with Crippen molar-refractivity contribution in [3.05, 3.63) is 76.6 Å². The van der Waals surface area contributed by atoms with Crippen molar-refractivity contribution in [2.24, 2.45) is 0 Å². The number of nitrogens with one attached hydrogen (secondary N) is 3. The fourth-order valence-corrected chi connectivity index (χ4v) is 4.55. The zero-order valence-electron chi connectivity index (χ0n) is 19.0. The molecule has 2 fully saturated rings. The van der Waals surface area contributed by atoms with Crippen molar-refractivity contribution in [2.45, 2.75) is 31.5 Å². The summed E-state index contributed by atoms with van der Waals surface area (Å²) in [5, 5.41) is 20.8. The van der Waals surface area contributed by atoms with E-state index >= 15 is 0 Å². The largest absolute Gasteiger partial charge is 0.618 e. The van der Waals surface area contributed by atoms with E-state index in [2.05, 4.69) is 16.0 Å². The molecule has 4 amide bonds. The topological polar surface area (TPSA) is 133 Å². The van der Waals surface area contributed by atoms with Gasteiger partial charge in [-0.3, -0.25) is 14.9 Å². The van der Waals surface area contributed by atoms with Crippen LogP contribution in [0.5, 0.6) is 5.75 Å². The van der Waals surface area contributed by atoms with Crippen LogP contribution in [0.25, 0.3) is 10.9 Å². The van der Waals surface area contributed by atoms with Crippen LogP contribution < -0.4 is 25.4 Å². The second-order valence-corrected chi connectivity index (χ2v) is 8.68. The van der Waals surface area contributed by atoms with Gasteiger partial charge in [0, 0.05) is 36.8 Å². The van der Waals surface area contributed by atoms with Gasteiger partial charge in [-0.25, -0.2) is 4.79 Å². The van der Waals surface area contributed by atoms with Crippen LogP contribution in [0, 0.1) is 12.1 Å². The van der Waals surface area contributed by atoms with E-state index in [1.165, 1.54) is 0 Å². The lowest BCUT2D eigenvalue weighted by atomic mass is 9.86. The maximum absolute atomic E-state index is 12.9. The van der Waals surface area contributed by atoms with Crippen LogP contribution in [0.3, 0.4) is 0 Å². The monoisotopic (exact) mass is 476 g/mol. The second kappa shape index (κ2) is 8.88. The summed E-state index contributed by atoms with van der Waals surface area (Å²) in [5.74, 6) is -0.323. The normalized spacial score (nSPS) is 21.6. The highest BCUT2D eigenvalue weighted by atomic mass is 16.5. The van der Waals surface area contributed by atoms with Gasteiger partial charge >= 0.3 is 6.03 Å². The fourth-order valence-electron chi connectivity index (χ4n) is 4.55. The Kier molecular flexibility index (Phi) is 5.73. The van der Waals surface area contributed by atoms with Crippen molar-refractivity contribution in [3.63, 3.8) is 0 Å². The van der Waals surface area contributed by atoms with Gasteiger partial charge in [-0.2, -0.15) is 4.73 Å². The SMILES string of the molecule is Cc1cc(COc2ccc(C(=O)N[C@@H]3CCOC[C@]34NC(=O)NC4=O)cc2)c2ccccc2[n+]1[O-]. The number of benzene rings is 2. The number of amides is 4. The Hall–Kier alpha value is -4.18. The molecule has 2 aromatic carbocycles. The standard InChI is InChI=1S/C25H24N4O6/c1-15-12-17(19-4-2-3-5-20(19)29(15)33)13-35-18-8-6-16(7-9-18)22(30)26-21-10-11-34-14-25(21)23(31)27-24(32)28-25/h2-9,12,21H,10-11,13-14H2,1H3,(H,26,30)(H2,27,28,31,32)/t21-,25+/m1/s1. The zero-order valence-corrected chi connectivity index (χ0v) is 19.0. The number of carbonyl (C=O) groups is 3. The number of fused-ring (bicyclic) bond motifs is 1. The summed E-state index contributed by atoms with van der Waals surface area (Å²) in [5.41, 5.74) is 1.11. The highest BCUT2D eigenvalue weighted by molar-refractivity contribution is 6.08. The molecule has 1 aromatic heterocycles. The van der Waals surface area contributed by atoms with E-state index < -0.39 is 23.5 Å². The van der Waals surface area contributed by atoms with Gasteiger partial charge in [-0.1, -0.05) is 12.1 Å². The molecule has 3 aromatic rings. The smallest absolute Gasteiger partial charge is 0.322 e. The first-order valence-electron chi connectivity index (χ1n) is 11.2. The number of aromatic nitrogens is 1. The van der Waals surface area contributed by atoms with Crippen LogP contribution >= 0.6 is 0 Å². The van der Waals surface area contributed by atoms with Crippen LogP contribution in [0.4, 0.5) is 4.79 Å². The van der Waals surface area contributed by atoms with Gasteiger partial charge in [0.25, 0.3) is 11.8 Å². The Balaban J connectivity index is 1.27. The second-order valence-electron chi connectivity index (χ2n) is 8.68. The zero-order chi connectivity index (χ0) is 24.6. The molecule has 2 aliphatic heterocycles. The molecule has 0 radical (unpaired) electrons. The van der Waals surface area contributed by atoms with Gasteiger partial charge in [0.2, 0.25) is 5.52 Å². The molecular formula is C25H24N4O6. The van der Waals surface area contributed by atoms with Crippen LogP contribution in [0.15, 0.2) is 54.6 Å². The molecule has 1 spiro atoms. The van der Waals surface area contributed by atoms with Crippen molar-refractivity contribution in [1.29, 1.82) is 0 Å². The number of urea groups is 1. The van der Waals surface area contributed by atoms with E-state index in [1.807, 2.05) is 18.2 Å². The van der Waals surface area contributed by atoms with Crippen molar-refractivity contribution in [2.75, 3.05) is 13.2 Å². The number of carbonyl (C=O) groups excluding carboxylic acids is 3. The minimum Gasteiger partial charge on any atom is -0.618 e. The van der Waals surface area contributed by atoms with Crippen molar-refractivity contribution < 1.29 is 28.6 Å². The first kappa shape index (κ1) is 22.6. The molecule has 10 nitrogen and oxygen atoms in total. The van der Waals surface area contributed by atoms with Crippen molar-refractivity contribution >= 4 is 28.7 Å². The van der Waals surface area contributed by atoms with Gasteiger partial charge in [-0.15, -0.1) is 0 Å². The maximum Gasteiger partial charge on any atom is 0.322 e. The molecule has 2 atom stereocenters. The minimum absolute atomic E-state index is 0.0116. The maximum atomic E-state index is 12.9. The van der Waals surface area contributed by atoms with E-state index in [9.17, 15) is 19.6 Å². The number of para-hydroxylation sites is 1. The highest BCUT2D eigenvalue weighted by Crippen LogP contribution is 2.25. The van der Waals surface area contributed by atoms with E-state index in [4.69, 9.17) is 9.47 Å². The number of rotatable bonds is 5. The van der Waals surface area contributed by atoms with E-state index in [0.717, 1.165) is 15.7 Å². The molecule has 10 heteroatoms. The number of pyridine rings is 1. The van der Waals surface area contributed by atoms with Gasteiger partial charge < -0.3 is 25.3 Å². The molecule has 3 N–H and O–H groups in total. The molecule has 0 bridgehead atoms. The Bertz CT molecular complexity index is 1330. The lowest BCUT2D eigenvalue weighted by Gasteiger charge is -2.38. The predicted octanol–water partition coefficient (Wildman–Crippen LogP) is 1.46. The molecular weight excluding hydrogens is 452 g/mol. The Morgan fingerprint density at radius 3 is 2.74 bits per heavy atom. The summed E-state index contributed by atoms with van der Waals surface area (Å²) in [6, 6.07) is 14.6. The van der Waals surface area contributed by atoms with Crippen LogP contribution in [-0.4, -0.2) is 42.6 Å². The lowest BCUT2D eigenvalue weighted by Crippen LogP contribution is -2.67. The average molecular weight is 476 g/mol. The number of ether oxygens (including phenoxy) is 2. The molecule has 0 saturated carbocycles. The third kappa shape index (κ3) is 4.12. The van der Waals surface area contributed by atoms with Crippen LogP contribution in [-0.2, 0) is 16.1 Å². The summed E-state index contributed by atoms with van der Waals surface area (Å²) in [6.07, 6.45) is 0.383. The fraction of sp³-hybridized carbons (Fsp3) is 0.280. The quantitative estimate of drug-likeness (QED) is 0.290. The first-order valence-corrected chi connectivity index (χ1v) is 11.2. The van der Waals surface area contributed by atoms with Gasteiger partial charge in [0.1, 0.15) is 12.4 Å². The van der Waals surface area contributed by atoms with Gasteiger partial charge in [0.05, 0.1) is 18.0 Å². The highest BCUT2D eigenvalue weighted by Gasteiger charge is 2.54. The Morgan fingerprint density at radius 2 is 2.00 bits per heavy atom. The average Bonchev–Trinajstić information content (AvgIpc) is 3.15. The molecule has 0 unspecified atom stereocenters. The van der Waals surface area contributed by atoms with E-state index in [0.29, 0.717) is 35.6 Å². The Labute approximate surface area is 200 Å². The summed E-state index contributed by atoms with van der Waals surface area (Å²) in [6.45, 7) is 2.36. The third-order valence-electron chi connectivity index (χ3n) is 6.43. The predicted molar refractivity (Wildman–Crippen MR) is 125 cm³/mol. The van der Waals surface area contributed by atoms with Gasteiger partial charge in [0.15, 0.2) is 11.2 Å². The molecule has 2 aliphatic rings. The summed E-state index contributed by atoms with van der Waals surface area (Å²) in [7, 11) is 0. The minimum atomic E-state index is -1.31. The number of aryl methyl sites for hydroxylation is 1. The van der Waals surface area contributed by atoms with Gasteiger partial charge in [-0.05, 0) is 36.8 Å². The van der Waals surface area contributed by atoms with Crippen molar-refractivity contribution in [1.82, 2.24) is 16.0 Å². The van der Waals surface area contributed by atoms with Crippen molar-refractivity contribution in [3.8, 4) is 5.75 Å². The van der Waals surface area contributed by atoms with E-state index in [1.54, 1.807) is 43.3 Å². The van der Waals surface area contributed by atoms with E-state index in [-0.39, 0.29) is 19.1 Å². The summed E-state index contributed by atoms with van der Waals surface area (Å²) < 4.78 is 12.2. The summed E-state index contributed by atoms with van der Waals surface area (Å²) in [4.78, 5) is 37.0. The van der Waals surface area contributed by atoms with Crippen LogP contribution in [0.2, 0.25) is 0 Å².